The number of para-hydroxylation sites is 1. The molecule has 0 fully saturated rings. The maximum Gasteiger partial charge on any atom is 0.341 e. The van der Waals surface area contributed by atoms with Gasteiger partial charge < -0.3 is 15.0 Å². The molecule has 1 aliphatic carbocycles. The Morgan fingerprint density at radius 2 is 1.86 bits per heavy atom. The first kappa shape index (κ1) is 20.1. The van der Waals surface area contributed by atoms with Crippen molar-refractivity contribution in [3.8, 4) is 0 Å². The fourth-order valence-corrected chi connectivity index (χ4v) is 4.74. The molecule has 0 atom stereocenters. The normalized spacial score (nSPS) is 12.8. The van der Waals surface area contributed by atoms with Crippen LogP contribution in [0.2, 0.25) is 0 Å². The second-order valence-corrected chi connectivity index (χ2v) is 7.75. The maximum atomic E-state index is 12.8. The summed E-state index contributed by atoms with van der Waals surface area (Å²) in [6.07, 6.45) is 3.76. The number of carbonyl (C=O) groups is 3. The molecular weight excluding hydrogens is 376 g/mol. The van der Waals surface area contributed by atoms with Crippen LogP contribution >= 0.6 is 11.3 Å². The van der Waals surface area contributed by atoms with Gasteiger partial charge >= 0.3 is 5.97 Å². The van der Waals surface area contributed by atoms with Crippen molar-refractivity contribution >= 4 is 39.8 Å². The molecule has 1 aromatic carbocycles. The fourth-order valence-electron chi connectivity index (χ4n) is 3.42. The van der Waals surface area contributed by atoms with Gasteiger partial charge in [-0.15, -0.1) is 11.3 Å². The summed E-state index contributed by atoms with van der Waals surface area (Å²) in [6.45, 7) is 3.42. The van der Waals surface area contributed by atoms with Crippen LogP contribution < -0.4 is 10.2 Å². The number of likely N-dealkylation sites (N-methyl/N-ethyl adjacent to an activating group) is 1. The average Bonchev–Trinajstić information content (AvgIpc) is 3.04. The maximum absolute atomic E-state index is 12.8. The number of thiophene rings is 1. The third kappa shape index (κ3) is 4.42. The SMILES string of the molecule is CCN(C(=O)COC(=O)c1c(NC(C)=O)sc2c1CCCC2)c1ccccc1. The van der Waals surface area contributed by atoms with Gasteiger partial charge in [0.1, 0.15) is 5.00 Å². The van der Waals surface area contributed by atoms with E-state index in [0.29, 0.717) is 17.1 Å². The predicted molar refractivity (Wildman–Crippen MR) is 110 cm³/mol. The van der Waals surface area contributed by atoms with E-state index in [1.54, 1.807) is 4.90 Å². The lowest BCUT2D eigenvalue weighted by atomic mass is 9.95. The summed E-state index contributed by atoms with van der Waals surface area (Å²) in [4.78, 5) is 39.6. The molecule has 1 aliphatic rings. The smallest absolute Gasteiger partial charge is 0.341 e. The van der Waals surface area contributed by atoms with Gasteiger partial charge in [0.15, 0.2) is 6.61 Å². The first-order valence-corrected chi connectivity index (χ1v) is 10.3. The number of hydrogen-bond acceptors (Lipinski definition) is 5. The highest BCUT2D eigenvalue weighted by Gasteiger charge is 2.28. The molecule has 3 rings (SSSR count). The second-order valence-electron chi connectivity index (χ2n) is 6.65. The van der Waals surface area contributed by atoms with E-state index in [2.05, 4.69) is 5.32 Å². The minimum absolute atomic E-state index is 0.232. The summed E-state index contributed by atoms with van der Waals surface area (Å²) in [5.74, 6) is -1.07. The highest BCUT2D eigenvalue weighted by molar-refractivity contribution is 7.17. The molecule has 2 amide bonds. The van der Waals surface area contributed by atoms with Gasteiger partial charge in [0.25, 0.3) is 5.91 Å². The molecular formula is C21H24N2O4S. The van der Waals surface area contributed by atoms with Crippen LogP contribution in [0.15, 0.2) is 30.3 Å². The van der Waals surface area contributed by atoms with Gasteiger partial charge in [0.2, 0.25) is 5.91 Å². The number of nitrogens with zero attached hydrogens (tertiary/aromatic N) is 1. The third-order valence-electron chi connectivity index (χ3n) is 4.68. The second kappa shape index (κ2) is 9.01. The molecule has 0 saturated heterocycles. The summed E-state index contributed by atoms with van der Waals surface area (Å²) in [7, 11) is 0. The lowest BCUT2D eigenvalue weighted by molar-refractivity contribution is -0.121. The monoisotopic (exact) mass is 400 g/mol. The van der Waals surface area contributed by atoms with Gasteiger partial charge in [-0.1, -0.05) is 18.2 Å². The van der Waals surface area contributed by atoms with E-state index in [-0.39, 0.29) is 18.4 Å². The van der Waals surface area contributed by atoms with Crippen molar-refractivity contribution < 1.29 is 19.1 Å². The summed E-state index contributed by atoms with van der Waals surface area (Å²) in [5.41, 5.74) is 2.12. The number of esters is 1. The minimum atomic E-state index is -0.555. The van der Waals surface area contributed by atoms with Gasteiger partial charge in [-0.25, -0.2) is 4.79 Å². The Hall–Kier alpha value is -2.67. The standard InChI is InChI=1S/C21H24N2O4S/c1-3-23(15-9-5-4-6-10-15)18(25)13-27-21(26)19-16-11-7-8-12-17(16)28-20(19)22-14(2)24/h4-6,9-10H,3,7-8,11-13H2,1-2H3,(H,22,24). The zero-order valence-electron chi connectivity index (χ0n) is 16.1. The molecule has 6 nitrogen and oxygen atoms in total. The summed E-state index contributed by atoms with van der Waals surface area (Å²) >= 11 is 1.43. The molecule has 1 N–H and O–H groups in total. The van der Waals surface area contributed by atoms with Crippen LogP contribution in [0.25, 0.3) is 0 Å². The Bertz CT molecular complexity index is 876. The van der Waals surface area contributed by atoms with E-state index in [4.69, 9.17) is 4.74 Å². The van der Waals surface area contributed by atoms with Gasteiger partial charge in [-0.2, -0.15) is 0 Å². The number of ether oxygens (including phenoxy) is 1. The largest absolute Gasteiger partial charge is 0.452 e. The molecule has 0 unspecified atom stereocenters. The Morgan fingerprint density at radius 1 is 1.14 bits per heavy atom. The number of carbonyl (C=O) groups excluding carboxylic acids is 3. The molecule has 0 saturated carbocycles. The molecule has 0 aliphatic heterocycles. The molecule has 2 aromatic rings. The van der Waals surface area contributed by atoms with E-state index >= 15 is 0 Å². The lowest BCUT2D eigenvalue weighted by Gasteiger charge is -2.21. The first-order valence-electron chi connectivity index (χ1n) is 9.46. The predicted octanol–water partition coefficient (Wildman–Crippen LogP) is 3.80. The van der Waals surface area contributed by atoms with Crippen LogP contribution in [0.4, 0.5) is 10.7 Å². The number of benzene rings is 1. The number of nitrogens with one attached hydrogen (secondary N) is 1. The van der Waals surface area contributed by atoms with Crippen LogP contribution in [0.5, 0.6) is 0 Å². The summed E-state index contributed by atoms with van der Waals surface area (Å²) in [6, 6.07) is 9.27. The van der Waals surface area contributed by atoms with E-state index in [0.717, 1.165) is 41.8 Å². The van der Waals surface area contributed by atoms with Crippen molar-refractivity contribution in [3.05, 3.63) is 46.3 Å². The van der Waals surface area contributed by atoms with E-state index in [1.165, 1.54) is 18.3 Å². The molecule has 0 bridgehead atoms. The average molecular weight is 401 g/mol. The van der Waals surface area contributed by atoms with Crippen molar-refractivity contribution in [1.29, 1.82) is 0 Å². The number of rotatable bonds is 6. The van der Waals surface area contributed by atoms with Crippen molar-refractivity contribution in [2.45, 2.75) is 39.5 Å². The molecule has 1 aromatic heterocycles. The van der Waals surface area contributed by atoms with Gasteiger partial charge in [-0.3, -0.25) is 9.59 Å². The van der Waals surface area contributed by atoms with Crippen molar-refractivity contribution in [1.82, 2.24) is 0 Å². The van der Waals surface area contributed by atoms with Crippen molar-refractivity contribution in [3.63, 3.8) is 0 Å². The zero-order chi connectivity index (χ0) is 20.1. The summed E-state index contributed by atoms with van der Waals surface area (Å²) in [5, 5.41) is 3.26. The van der Waals surface area contributed by atoms with Crippen molar-refractivity contribution in [2.75, 3.05) is 23.4 Å². The quantitative estimate of drug-likeness (QED) is 0.749. The highest BCUT2D eigenvalue weighted by Crippen LogP contribution is 2.38. The zero-order valence-corrected chi connectivity index (χ0v) is 16.9. The van der Waals surface area contributed by atoms with Crippen LogP contribution in [0, 0.1) is 0 Å². The van der Waals surface area contributed by atoms with Gasteiger partial charge in [0, 0.05) is 24.0 Å². The highest BCUT2D eigenvalue weighted by atomic mass is 32.1. The molecule has 1 heterocycles. The minimum Gasteiger partial charge on any atom is -0.452 e. The topological polar surface area (TPSA) is 75.7 Å². The Labute approximate surface area is 168 Å². The molecule has 28 heavy (non-hydrogen) atoms. The van der Waals surface area contributed by atoms with E-state index < -0.39 is 5.97 Å². The van der Waals surface area contributed by atoms with Crippen LogP contribution in [0.3, 0.4) is 0 Å². The Kier molecular flexibility index (Phi) is 6.46. The molecule has 0 radical (unpaired) electrons. The number of aryl methyl sites for hydroxylation is 1. The Morgan fingerprint density at radius 3 is 2.54 bits per heavy atom. The van der Waals surface area contributed by atoms with Crippen LogP contribution in [-0.2, 0) is 27.2 Å². The number of anilines is 2. The number of hydrogen-bond donors (Lipinski definition) is 1. The van der Waals surface area contributed by atoms with Gasteiger partial charge in [0.05, 0.1) is 5.56 Å². The van der Waals surface area contributed by atoms with Gasteiger partial charge in [-0.05, 0) is 50.3 Å². The summed E-state index contributed by atoms with van der Waals surface area (Å²) < 4.78 is 5.37. The fraction of sp³-hybridized carbons (Fsp3) is 0.381. The lowest BCUT2D eigenvalue weighted by Crippen LogP contribution is -2.34. The van der Waals surface area contributed by atoms with Crippen molar-refractivity contribution in [2.24, 2.45) is 0 Å². The molecule has 148 valence electrons. The molecule has 0 spiro atoms. The first-order chi connectivity index (χ1) is 13.5. The van der Waals surface area contributed by atoms with Crippen LogP contribution in [0.1, 0.15) is 47.5 Å². The van der Waals surface area contributed by atoms with E-state index in [9.17, 15) is 14.4 Å². The van der Waals surface area contributed by atoms with E-state index in [1.807, 2.05) is 37.3 Å². The molecule has 7 heteroatoms. The van der Waals surface area contributed by atoms with Crippen LogP contribution in [-0.4, -0.2) is 30.9 Å². The third-order valence-corrected chi connectivity index (χ3v) is 5.88. The number of amides is 2. The number of fused-ring (bicyclic) bond motifs is 1. The Balaban J connectivity index is 1.75.